The van der Waals surface area contributed by atoms with Crippen LogP contribution in [-0.4, -0.2) is 74.5 Å². The average molecular weight is 578 g/mol. The lowest BCUT2D eigenvalue weighted by Gasteiger charge is -2.39. The van der Waals surface area contributed by atoms with Gasteiger partial charge >= 0.3 is 5.97 Å². The van der Waals surface area contributed by atoms with Gasteiger partial charge in [0.15, 0.2) is 0 Å². The number of esters is 1. The quantitative estimate of drug-likeness (QED) is 0.275. The molecule has 1 N–H and O–H groups in total. The van der Waals surface area contributed by atoms with Gasteiger partial charge in [0.2, 0.25) is 5.91 Å². The van der Waals surface area contributed by atoms with E-state index in [0.717, 1.165) is 16.8 Å². The zero-order valence-electron chi connectivity index (χ0n) is 20.9. The Morgan fingerprint density at radius 1 is 1.33 bits per heavy atom. The Kier molecular flexibility index (Phi) is 7.74. The van der Waals surface area contributed by atoms with E-state index in [1.165, 1.54) is 11.0 Å². The first-order chi connectivity index (χ1) is 17.1. The lowest BCUT2D eigenvalue weighted by molar-refractivity contribution is -0.153. The maximum absolute atomic E-state index is 14.5. The maximum Gasteiger partial charge on any atom is 0.311 e. The third-order valence-corrected chi connectivity index (χ3v) is 10.8. The second-order valence-corrected chi connectivity index (χ2v) is 12.6. The minimum absolute atomic E-state index is 0.0550. The fourth-order valence-corrected chi connectivity index (χ4v) is 9.80. The van der Waals surface area contributed by atoms with E-state index in [4.69, 9.17) is 4.74 Å². The van der Waals surface area contributed by atoms with Crippen LogP contribution in [0.3, 0.4) is 0 Å². The molecule has 4 rings (SSSR count). The van der Waals surface area contributed by atoms with Gasteiger partial charge in [-0.1, -0.05) is 52.9 Å². The molecular weight excluding hydrogens is 544 g/mol. The zero-order valence-corrected chi connectivity index (χ0v) is 23.3. The number of alkyl halides is 1. The molecule has 7 atom stereocenters. The third kappa shape index (κ3) is 4.03. The lowest BCUT2D eigenvalue weighted by Crippen LogP contribution is -2.57. The number of halogens is 1. The van der Waals surface area contributed by atoms with Gasteiger partial charge < -0.3 is 19.6 Å². The molecule has 0 radical (unpaired) electrons. The van der Waals surface area contributed by atoms with E-state index in [-0.39, 0.29) is 41.6 Å². The number of aliphatic hydroxyl groups excluding tert-OH is 1. The van der Waals surface area contributed by atoms with Crippen molar-refractivity contribution in [2.24, 2.45) is 11.8 Å². The predicted octanol–water partition coefficient (Wildman–Crippen LogP) is 3.40. The monoisotopic (exact) mass is 576 g/mol. The van der Waals surface area contributed by atoms with Crippen LogP contribution in [0.4, 0.5) is 5.69 Å². The normalized spacial score (nSPS) is 31.2. The van der Waals surface area contributed by atoms with Gasteiger partial charge in [-0.15, -0.1) is 18.3 Å². The van der Waals surface area contributed by atoms with Crippen LogP contribution in [0.2, 0.25) is 0 Å². The summed E-state index contributed by atoms with van der Waals surface area (Å²) in [5, 5.41) is 9.89. The van der Waals surface area contributed by atoms with E-state index >= 15 is 0 Å². The second kappa shape index (κ2) is 10.3. The van der Waals surface area contributed by atoms with Gasteiger partial charge in [0, 0.05) is 22.3 Å². The average Bonchev–Trinajstić information content (AvgIpc) is 3.44. The Bertz CT molecular complexity index is 1080. The number of para-hydroxylation sites is 1. The van der Waals surface area contributed by atoms with Gasteiger partial charge in [-0.05, 0) is 38.3 Å². The summed E-state index contributed by atoms with van der Waals surface area (Å²) in [6, 6.07) is 4.42. The van der Waals surface area contributed by atoms with Crippen LogP contribution in [0.15, 0.2) is 43.5 Å². The van der Waals surface area contributed by atoms with Gasteiger partial charge in [-0.3, -0.25) is 14.4 Å². The molecular formula is C27H33BrN2O5S. The van der Waals surface area contributed by atoms with Gasteiger partial charge in [-0.25, -0.2) is 0 Å². The van der Waals surface area contributed by atoms with Crippen molar-refractivity contribution >= 4 is 51.2 Å². The van der Waals surface area contributed by atoms with E-state index < -0.39 is 34.6 Å². The summed E-state index contributed by atoms with van der Waals surface area (Å²) in [5.41, 5.74) is 2.68. The Morgan fingerprint density at radius 2 is 2.00 bits per heavy atom. The van der Waals surface area contributed by atoms with Gasteiger partial charge in [0.1, 0.15) is 12.6 Å². The Labute approximate surface area is 225 Å². The first-order valence-electron chi connectivity index (χ1n) is 12.2. The van der Waals surface area contributed by atoms with Crippen LogP contribution in [0.25, 0.3) is 0 Å². The van der Waals surface area contributed by atoms with Crippen molar-refractivity contribution in [3.63, 3.8) is 0 Å². The highest BCUT2D eigenvalue weighted by atomic mass is 79.9. The van der Waals surface area contributed by atoms with Crippen molar-refractivity contribution in [2.45, 2.75) is 54.1 Å². The van der Waals surface area contributed by atoms with E-state index in [1.807, 2.05) is 32.0 Å². The number of carbonyl (C=O) groups excluding carboxylic acids is 3. The number of aliphatic hydroxyl groups is 1. The summed E-state index contributed by atoms with van der Waals surface area (Å²) >= 11 is 5.29. The number of anilines is 1. The van der Waals surface area contributed by atoms with Crippen LogP contribution in [0.1, 0.15) is 24.5 Å². The minimum atomic E-state index is -0.844. The lowest BCUT2D eigenvalue weighted by atomic mass is 9.71. The van der Waals surface area contributed by atoms with Crippen LogP contribution >= 0.6 is 27.7 Å². The van der Waals surface area contributed by atoms with Crippen LogP contribution in [0, 0.1) is 25.7 Å². The number of nitrogens with zero attached hydrogens (tertiary/aromatic N) is 2. The molecule has 3 aliphatic rings. The Morgan fingerprint density at radius 3 is 2.58 bits per heavy atom. The van der Waals surface area contributed by atoms with Crippen molar-refractivity contribution in [1.82, 2.24) is 4.90 Å². The summed E-state index contributed by atoms with van der Waals surface area (Å²) in [7, 11) is 0. The highest BCUT2D eigenvalue weighted by Crippen LogP contribution is 2.68. The molecule has 1 spiro atoms. The van der Waals surface area contributed by atoms with Crippen molar-refractivity contribution in [1.29, 1.82) is 0 Å². The highest BCUT2D eigenvalue weighted by Gasteiger charge is 2.76. The maximum atomic E-state index is 14.5. The number of thioether (sulfide) groups is 1. The van der Waals surface area contributed by atoms with E-state index in [0.29, 0.717) is 6.42 Å². The minimum Gasteiger partial charge on any atom is -0.461 e. The number of hydrogen-bond acceptors (Lipinski definition) is 6. The number of benzene rings is 1. The molecule has 3 heterocycles. The number of ether oxygens (including phenoxy) is 1. The smallest absolute Gasteiger partial charge is 0.311 e. The number of carbonyl (C=O) groups is 3. The summed E-state index contributed by atoms with van der Waals surface area (Å²) in [4.78, 5) is 44.9. The third-order valence-electron chi connectivity index (χ3n) is 7.60. The molecule has 194 valence electrons. The van der Waals surface area contributed by atoms with Crippen LogP contribution in [-0.2, 0) is 19.1 Å². The first kappa shape index (κ1) is 26.9. The van der Waals surface area contributed by atoms with Crippen LogP contribution in [0.5, 0.6) is 0 Å². The molecule has 0 aromatic heterocycles. The topological polar surface area (TPSA) is 87.2 Å². The molecule has 3 unspecified atom stereocenters. The SMILES string of the molecule is C=CCOC(=O)[C@H]1[C@@H]2SC3(CC2Br)C(C(=O)N(CC=C)c2c(C)cccc2C)N([C@H](C)CO)C(=O)[C@H]13. The summed E-state index contributed by atoms with van der Waals surface area (Å²) in [6.07, 6.45) is 3.74. The van der Waals surface area contributed by atoms with Crippen molar-refractivity contribution < 1.29 is 24.2 Å². The molecule has 7 nitrogen and oxygen atoms in total. The number of fused-ring (bicyclic) bond motifs is 1. The molecule has 0 aliphatic carbocycles. The molecule has 3 aliphatic heterocycles. The predicted molar refractivity (Wildman–Crippen MR) is 145 cm³/mol. The molecule has 36 heavy (non-hydrogen) atoms. The van der Waals surface area contributed by atoms with E-state index in [1.54, 1.807) is 29.7 Å². The molecule has 2 bridgehead atoms. The molecule has 3 fully saturated rings. The summed E-state index contributed by atoms with van der Waals surface area (Å²) in [6.45, 7) is 13.2. The standard InChI is InChI=1S/C27H33BrN2O5S/c1-6-11-29(21-15(3)9-8-10-16(21)4)25(33)23-27-13-18(28)22(36-27)19(26(34)35-12-7-2)20(27)24(32)30(23)17(5)14-31/h6-10,17-20,22-23,31H,1-2,11-14H2,3-5H3/t17-,18?,19-,20+,22-,23?,27?/m1/s1. The highest BCUT2D eigenvalue weighted by molar-refractivity contribution is 9.09. The van der Waals surface area contributed by atoms with Crippen molar-refractivity contribution in [2.75, 3.05) is 24.7 Å². The molecule has 0 saturated carbocycles. The first-order valence-corrected chi connectivity index (χ1v) is 13.9. The number of likely N-dealkylation sites (tertiary alicyclic amines) is 1. The Balaban J connectivity index is 1.84. The zero-order chi connectivity index (χ0) is 26.4. The number of amides is 2. The molecule has 2 amide bonds. The van der Waals surface area contributed by atoms with Crippen LogP contribution < -0.4 is 4.90 Å². The van der Waals surface area contributed by atoms with E-state index in [2.05, 4.69) is 29.1 Å². The fraction of sp³-hybridized carbons (Fsp3) is 0.519. The van der Waals surface area contributed by atoms with Gasteiger partial charge in [0.25, 0.3) is 5.91 Å². The number of hydrogen-bond donors (Lipinski definition) is 1. The van der Waals surface area contributed by atoms with Crippen molar-refractivity contribution in [3.8, 4) is 0 Å². The number of aryl methyl sites for hydroxylation is 2. The van der Waals surface area contributed by atoms with E-state index in [9.17, 15) is 19.5 Å². The van der Waals surface area contributed by atoms with Gasteiger partial charge in [0.05, 0.1) is 29.2 Å². The Hall–Kier alpha value is -2.10. The molecule has 1 aromatic rings. The summed E-state index contributed by atoms with van der Waals surface area (Å²) in [5.74, 6) is -2.33. The van der Waals surface area contributed by atoms with Gasteiger partial charge in [-0.2, -0.15) is 0 Å². The second-order valence-electron chi connectivity index (χ2n) is 9.84. The molecule has 9 heteroatoms. The number of rotatable bonds is 9. The summed E-state index contributed by atoms with van der Waals surface area (Å²) < 4.78 is 4.60. The molecule has 3 saturated heterocycles. The van der Waals surface area contributed by atoms with Crippen molar-refractivity contribution in [3.05, 3.63) is 54.6 Å². The fourth-order valence-electron chi connectivity index (χ4n) is 6.22. The molecule has 1 aromatic carbocycles. The largest absolute Gasteiger partial charge is 0.461 e.